The first kappa shape index (κ1) is 16.7. The molecule has 0 radical (unpaired) electrons. The number of benzene rings is 1. The van der Waals surface area contributed by atoms with Crippen molar-refractivity contribution in [2.45, 2.75) is 17.6 Å². The van der Waals surface area contributed by atoms with E-state index >= 15 is 0 Å². The second-order valence-corrected chi connectivity index (χ2v) is 8.76. The molecule has 1 heterocycles. The normalized spacial score (nSPS) is 11.5. The highest BCUT2D eigenvalue weighted by Crippen LogP contribution is 2.24. The molecule has 0 amide bonds. The number of thiophene rings is 1. The fraction of sp³-hybridized carbons (Fsp3) is 0.286. The first-order valence-electron chi connectivity index (χ1n) is 6.59. The monoisotopic (exact) mass is 436 g/mol. The van der Waals surface area contributed by atoms with E-state index in [-0.39, 0.29) is 0 Å². The predicted octanol–water partition coefficient (Wildman–Crippen LogP) is 3.31. The Balaban J connectivity index is 2.09. The van der Waals surface area contributed by atoms with Crippen molar-refractivity contribution < 1.29 is 8.42 Å². The van der Waals surface area contributed by atoms with Crippen LogP contribution in [0.2, 0.25) is 0 Å². The third-order valence-electron chi connectivity index (χ3n) is 2.78. The first-order chi connectivity index (χ1) is 10.0. The van der Waals surface area contributed by atoms with Gasteiger partial charge in [-0.2, -0.15) is 0 Å². The van der Waals surface area contributed by atoms with Crippen molar-refractivity contribution in [1.82, 2.24) is 5.32 Å². The lowest BCUT2D eigenvalue weighted by atomic mass is 10.3. The van der Waals surface area contributed by atoms with Gasteiger partial charge in [-0.15, -0.1) is 11.3 Å². The summed E-state index contributed by atoms with van der Waals surface area (Å²) in [5, 5.41) is 3.23. The molecule has 0 saturated heterocycles. The van der Waals surface area contributed by atoms with Crippen molar-refractivity contribution in [3.05, 3.63) is 44.8 Å². The van der Waals surface area contributed by atoms with Gasteiger partial charge < -0.3 is 5.32 Å². The van der Waals surface area contributed by atoms with Gasteiger partial charge in [0.1, 0.15) is 4.21 Å². The maximum Gasteiger partial charge on any atom is 0.271 e. The van der Waals surface area contributed by atoms with Crippen molar-refractivity contribution in [2.24, 2.45) is 0 Å². The van der Waals surface area contributed by atoms with Crippen molar-refractivity contribution in [2.75, 3.05) is 17.8 Å². The summed E-state index contributed by atoms with van der Waals surface area (Å²) in [5.41, 5.74) is 0.587. The fourth-order valence-electron chi connectivity index (χ4n) is 1.78. The molecule has 0 aliphatic heterocycles. The summed E-state index contributed by atoms with van der Waals surface area (Å²) in [6, 6.07) is 10.9. The summed E-state index contributed by atoms with van der Waals surface area (Å²) in [6.07, 6.45) is 0.845. The Morgan fingerprint density at radius 1 is 1.24 bits per heavy atom. The fourth-order valence-corrected chi connectivity index (χ4v) is 4.73. The molecule has 7 heteroatoms. The third kappa shape index (κ3) is 4.94. The van der Waals surface area contributed by atoms with Gasteiger partial charge in [0, 0.05) is 14.1 Å². The van der Waals surface area contributed by atoms with Gasteiger partial charge in [0.15, 0.2) is 0 Å². The molecule has 21 heavy (non-hydrogen) atoms. The molecule has 2 aromatic rings. The van der Waals surface area contributed by atoms with Crippen LogP contribution in [0.15, 0.2) is 40.6 Å². The molecule has 0 fully saturated rings. The van der Waals surface area contributed by atoms with Crippen LogP contribution in [0.5, 0.6) is 0 Å². The highest BCUT2D eigenvalue weighted by atomic mass is 127. The second kappa shape index (κ2) is 7.57. The smallest absolute Gasteiger partial charge is 0.271 e. The number of hydrogen-bond acceptors (Lipinski definition) is 4. The number of sulfonamides is 1. The second-order valence-electron chi connectivity index (χ2n) is 4.44. The van der Waals surface area contributed by atoms with Gasteiger partial charge in [0.25, 0.3) is 10.0 Å². The predicted molar refractivity (Wildman–Crippen MR) is 96.5 cm³/mol. The highest BCUT2D eigenvalue weighted by molar-refractivity contribution is 14.1. The summed E-state index contributed by atoms with van der Waals surface area (Å²) in [7, 11) is -3.50. The molecule has 0 saturated carbocycles. The molecule has 0 aliphatic carbocycles. The van der Waals surface area contributed by atoms with E-state index in [1.165, 1.54) is 11.3 Å². The molecule has 1 aromatic carbocycles. The Morgan fingerprint density at radius 3 is 2.76 bits per heavy atom. The first-order valence-corrected chi connectivity index (χ1v) is 9.97. The minimum absolute atomic E-state index is 0.354. The minimum Gasteiger partial charge on any atom is -0.317 e. The lowest BCUT2D eigenvalue weighted by Gasteiger charge is -2.06. The van der Waals surface area contributed by atoms with Gasteiger partial charge in [-0.1, -0.05) is 13.0 Å². The van der Waals surface area contributed by atoms with Crippen LogP contribution in [-0.4, -0.2) is 21.5 Å². The Bertz CT molecular complexity index is 699. The van der Waals surface area contributed by atoms with Crippen LogP contribution in [0.1, 0.15) is 11.8 Å². The van der Waals surface area contributed by atoms with Gasteiger partial charge in [-0.05, 0) is 72.4 Å². The van der Waals surface area contributed by atoms with E-state index in [9.17, 15) is 8.42 Å². The van der Waals surface area contributed by atoms with E-state index < -0.39 is 10.0 Å². The Labute approximate surface area is 143 Å². The molecule has 0 spiro atoms. The topological polar surface area (TPSA) is 58.2 Å². The zero-order valence-corrected chi connectivity index (χ0v) is 15.4. The van der Waals surface area contributed by atoms with Gasteiger partial charge in [0.05, 0.1) is 0 Å². The number of hydrogen-bond donors (Lipinski definition) is 2. The molecule has 2 N–H and O–H groups in total. The SMILES string of the molecule is CCNCCc1ccc(S(=O)(=O)Nc2cccc(I)c2)s1. The van der Waals surface area contributed by atoms with Crippen molar-refractivity contribution in [1.29, 1.82) is 0 Å². The number of nitrogens with one attached hydrogen (secondary N) is 2. The van der Waals surface area contributed by atoms with Crippen LogP contribution in [0.4, 0.5) is 5.69 Å². The maximum atomic E-state index is 12.3. The average molecular weight is 436 g/mol. The van der Waals surface area contributed by atoms with Gasteiger partial charge in [-0.25, -0.2) is 8.42 Å². The lowest BCUT2D eigenvalue weighted by molar-refractivity contribution is 0.603. The van der Waals surface area contributed by atoms with Crippen LogP contribution >= 0.6 is 33.9 Å². The molecular formula is C14H17IN2O2S2. The van der Waals surface area contributed by atoms with Crippen molar-refractivity contribution >= 4 is 49.6 Å². The summed E-state index contributed by atoms with van der Waals surface area (Å²) < 4.78 is 28.6. The largest absolute Gasteiger partial charge is 0.317 e. The Kier molecular flexibility index (Phi) is 6.03. The third-order valence-corrected chi connectivity index (χ3v) is 6.47. The molecule has 1 aromatic heterocycles. The molecule has 0 aliphatic rings. The minimum atomic E-state index is -3.50. The van der Waals surface area contributed by atoms with Crippen molar-refractivity contribution in [3.8, 4) is 0 Å². The molecule has 0 unspecified atom stereocenters. The average Bonchev–Trinajstić information content (AvgIpc) is 2.88. The lowest BCUT2D eigenvalue weighted by Crippen LogP contribution is -2.15. The van der Waals surface area contributed by atoms with Crippen LogP contribution in [0.25, 0.3) is 0 Å². The molecular weight excluding hydrogens is 419 g/mol. The summed E-state index contributed by atoms with van der Waals surface area (Å²) in [5.74, 6) is 0. The standard InChI is InChI=1S/C14H17IN2O2S2/c1-2-16-9-8-13-6-7-14(20-13)21(18,19)17-12-5-3-4-11(15)10-12/h3-7,10,16-17H,2,8-9H2,1H3. The van der Waals surface area contributed by atoms with Crippen LogP contribution in [0, 0.1) is 3.57 Å². The molecule has 0 bridgehead atoms. The van der Waals surface area contributed by atoms with E-state index in [4.69, 9.17) is 0 Å². The van der Waals surface area contributed by atoms with Crippen molar-refractivity contribution in [3.63, 3.8) is 0 Å². The van der Waals surface area contributed by atoms with Crippen LogP contribution in [0.3, 0.4) is 0 Å². The molecule has 4 nitrogen and oxygen atoms in total. The van der Waals surface area contributed by atoms with Crippen LogP contribution < -0.4 is 10.0 Å². The van der Waals surface area contributed by atoms with E-state index in [1.54, 1.807) is 18.2 Å². The number of anilines is 1. The molecule has 2 rings (SSSR count). The molecule has 0 atom stereocenters. The van der Waals surface area contributed by atoms with E-state index in [0.29, 0.717) is 9.90 Å². The Hall–Kier alpha value is -0.640. The molecule has 114 valence electrons. The quantitative estimate of drug-likeness (QED) is 0.518. The van der Waals surface area contributed by atoms with Crippen LogP contribution in [-0.2, 0) is 16.4 Å². The van der Waals surface area contributed by atoms with Gasteiger partial charge in [-0.3, -0.25) is 4.72 Å². The van der Waals surface area contributed by atoms with Gasteiger partial charge in [0.2, 0.25) is 0 Å². The van der Waals surface area contributed by atoms with E-state index in [2.05, 4.69) is 39.6 Å². The summed E-state index contributed by atoms with van der Waals surface area (Å²) in [4.78, 5) is 1.07. The number of likely N-dealkylation sites (N-methyl/N-ethyl adjacent to an activating group) is 1. The van der Waals surface area contributed by atoms with Gasteiger partial charge >= 0.3 is 0 Å². The summed E-state index contributed by atoms with van der Waals surface area (Å²) >= 11 is 3.48. The van der Waals surface area contributed by atoms with E-state index in [1.807, 2.05) is 18.2 Å². The van der Waals surface area contributed by atoms with E-state index in [0.717, 1.165) is 28.0 Å². The number of rotatable bonds is 7. The Morgan fingerprint density at radius 2 is 2.05 bits per heavy atom. The highest BCUT2D eigenvalue weighted by Gasteiger charge is 2.17. The zero-order valence-electron chi connectivity index (χ0n) is 11.6. The summed E-state index contributed by atoms with van der Waals surface area (Å²) in [6.45, 7) is 3.83. The maximum absolute atomic E-state index is 12.3. The number of halogens is 1. The zero-order chi connectivity index (χ0) is 15.3.